The largest absolute Gasteiger partial charge is 0.389 e. The first-order valence-electron chi connectivity index (χ1n) is 7.57. The molecule has 7 heteroatoms. The average molecular weight is 328 g/mol. The summed E-state index contributed by atoms with van der Waals surface area (Å²) < 4.78 is 32.7. The molecule has 2 N–H and O–H groups in total. The maximum atomic E-state index is 12.3. The van der Waals surface area contributed by atoms with Gasteiger partial charge >= 0.3 is 0 Å². The Morgan fingerprint density at radius 2 is 1.91 bits per heavy atom. The number of hydrogen-bond acceptors (Lipinski definition) is 5. The van der Waals surface area contributed by atoms with Gasteiger partial charge in [0.1, 0.15) is 0 Å². The lowest BCUT2D eigenvalue weighted by atomic mass is 10.1. The minimum absolute atomic E-state index is 0.180. The Kier molecular flexibility index (Phi) is 5.94. The van der Waals surface area contributed by atoms with E-state index in [2.05, 4.69) is 9.62 Å². The van der Waals surface area contributed by atoms with Crippen LogP contribution in [0.15, 0.2) is 35.2 Å². The summed E-state index contributed by atoms with van der Waals surface area (Å²) in [6.07, 6.45) is -1.22. The molecule has 1 aliphatic heterocycles. The zero-order valence-electron chi connectivity index (χ0n) is 13.0. The monoisotopic (exact) mass is 328 g/mol. The highest BCUT2D eigenvalue weighted by Crippen LogP contribution is 2.18. The van der Waals surface area contributed by atoms with Crippen molar-refractivity contribution in [3.63, 3.8) is 0 Å². The third kappa shape index (κ3) is 4.05. The molecule has 6 nitrogen and oxygen atoms in total. The van der Waals surface area contributed by atoms with E-state index in [1.165, 1.54) is 12.1 Å². The fourth-order valence-electron chi connectivity index (χ4n) is 2.55. The summed E-state index contributed by atoms with van der Waals surface area (Å²) in [5.41, 5.74) is 0. The van der Waals surface area contributed by atoms with Crippen molar-refractivity contribution in [3.05, 3.63) is 30.3 Å². The van der Waals surface area contributed by atoms with E-state index in [1.54, 1.807) is 18.2 Å². The number of sulfonamides is 1. The van der Waals surface area contributed by atoms with E-state index in [0.717, 1.165) is 13.1 Å². The Hall–Kier alpha value is -0.990. The maximum absolute atomic E-state index is 12.3. The predicted molar refractivity (Wildman–Crippen MR) is 84.1 cm³/mol. The third-order valence-corrected chi connectivity index (χ3v) is 5.48. The molecule has 0 saturated carbocycles. The zero-order valence-corrected chi connectivity index (χ0v) is 13.8. The van der Waals surface area contributed by atoms with Crippen LogP contribution < -0.4 is 4.72 Å². The van der Waals surface area contributed by atoms with Crippen molar-refractivity contribution >= 4 is 10.0 Å². The molecule has 1 aliphatic rings. The molecule has 1 heterocycles. The van der Waals surface area contributed by atoms with Gasteiger partial charge < -0.3 is 14.7 Å². The van der Waals surface area contributed by atoms with E-state index in [4.69, 9.17) is 4.74 Å². The SMILES string of the molecule is CCN(CC)C[C@@H]1OC[C@@H](NS(=O)(=O)c2ccccc2)[C@H]1O. The third-order valence-electron chi connectivity index (χ3n) is 3.98. The van der Waals surface area contributed by atoms with E-state index >= 15 is 0 Å². The lowest BCUT2D eigenvalue weighted by molar-refractivity contribution is 0.0175. The molecule has 1 aromatic carbocycles. The van der Waals surface area contributed by atoms with Gasteiger partial charge in [0.05, 0.1) is 29.8 Å². The molecule has 22 heavy (non-hydrogen) atoms. The number of rotatable bonds is 7. The molecule has 1 fully saturated rings. The zero-order chi connectivity index (χ0) is 16.2. The van der Waals surface area contributed by atoms with Crippen LogP contribution in [0.3, 0.4) is 0 Å². The number of nitrogens with one attached hydrogen (secondary N) is 1. The van der Waals surface area contributed by atoms with Gasteiger partial charge in [-0.15, -0.1) is 0 Å². The van der Waals surface area contributed by atoms with Crippen LogP contribution in [-0.4, -0.2) is 62.9 Å². The van der Waals surface area contributed by atoms with Gasteiger partial charge in [-0.2, -0.15) is 0 Å². The van der Waals surface area contributed by atoms with Gasteiger partial charge in [0.15, 0.2) is 0 Å². The molecular formula is C15H24N2O4S. The fourth-order valence-corrected chi connectivity index (χ4v) is 3.81. The second-order valence-electron chi connectivity index (χ2n) is 5.39. The quantitative estimate of drug-likeness (QED) is 0.759. The van der Waals surface area contributed by atoms with Crippen LogP contribution in [0.5, 0.6) is 0 Å². The molecule has 0 bridgehead atoms. The van der Waals surface area contributed by atoms with E-state index in [9.17, 15) is 13.5 Å². The molecule has 0 aromatic heterocycles. The van der Waals surface area contributed by atoms with Crippen molar-refractivity contribution in [2.45, 2.75) is 37.0 Å². The minimum Gasteiger partial charge on any atom is -0.389 e. The van der Waals surface area contributed by atoms with E-state index in [0.29, 0.717) is 6.54 Å². The molecule has 1 aromatic rings. The second kappa shape index (κ2) is 7.52. The lowest BCUT2D eigenvalue weighted by Gasteiger charge is -2.24. The summed E-state index contributed by atoms with van der Waals surface area (Å²) >= 11 is 0. The topological polar surface area (TPSA) is 78.9 Å². The van der Waals surface area contributed by atoms with Crippen molar-refractivity contribution in [1.82, 2.24) is 9.62 Å². The van der Waals surface area contributed by atoms with Gasteiger partial charge in [-0.3, -0.25) is 0 Å². The first kappa shape index (κ1) is 17.4. The highest BCUT2D eigenvalue weighted by molar-refractivity contribution is 7.89. The van der Waals surface area contributed by atoms with Crippen molar-refractivity contribution in [1.29, 1.82) is 0 Å². The van der Waals surface area contributed by atoms with Gasteiger partial charge in [0.25, 0.3) is 0 Å². The highest BCUT2D eigenvalue weighted by Gasteiger charge is 2.38. The van der Waals surface area contributed by atoms with Crippen molar-refractivity contribution < 1.29 is 18.3 Å². The van der Waals surface area contributed by atoms with Crippen LogP contribution in [-0.2, 0) is 14.8 Å². The van der Waals surface area contributed by atoms with E-state index < -0.39 is 22.2 Å². The van der Waals surface area contributed by atoms with Gasteiger partial charge in [-0.25, -0.2) is 13.1 Å². The molecule has 0 unspecified atom stereocenters. The normalized spacial score (nSPS) is 25.7. The standard InChI is InChI=1S/C15H24N2O4S/c1-3-17(4-2)10-14-15(18)13(11-21-14)16-22(19,20)12-8-6-5-7-9-12/h5-9,13-16,18H,3-4,10-11H2,1-2H3/t13-,14+,15-/m1/s1. The first-order chi connectivity index (χ1) is 10.5. The van der Waals surface area contributed by atoms with Crippen LogP contribution in [0.1, 0.15) is 13.8 Å². The van der Waals surface area contributed by atoms with E-state index in [1.807, 2.05) is 13.8 Å². The summed E-state index contributed by atoms with van der Waals surface area (Å²) in [6.45, 7) is 6.59. The number of ether oxygens (including phenoxy) is 1. The number of nitrogens with zero attached hydrogens (tertiary/aromatic N) is 1. The summed E-state index contributed by atoms with van der Waals surface area (Å²) in [5, 5.41) is 10.3. The molecule has 0 spiro atoms. The molecule has 124 valence electrons. The Balaban J connectivity index is 2.00. The molecule has 1 saturated heterocycles. The second-order valence-corrected chi connectivity index (χ2v) is 7.10. The van der Waals surface area contributed by atoms with Crippen LogP contribution in [0, 0.1) is 0 Å². The van der Waals surface area contributed by atoms with Crippen LogP contribution >= 0.6 is 0 Å². The minimum atomic E-state index is -3.64. The van der Waals surface area contributed by atoms with Gasteiger partial charge in [-0.1, -0.05) is 32.0 Å². The number of aliphatic hydroxyl groups excluding tert-OH is 1. The van der Waals surface area contributed by atoms with Crippen LogP contribution in [0.25, 0.3) is 0 Å². The molecule has 2 rings (SSSR count). The van der Waals surface area contributed by atoms with Gasteiger partial charge in [-0.05, 0) is 25.2 Å². The molecule has 3 atom stereocenters. The lowest BCUT2D eigenvalue weighted by Crippen LogP contribution is -2.46. The molecule has 0 radical (unpaired) electrons. The summed E-state index contributed by atoms with van der Waals surface area (Å²) in [5.74, 6) is 0. The van der Waals surface area contributed by atoms with Crippen LogP contribution in [0.2, 0.25) is 0 Å². The number of hydrogen-bond donors (Lipinski definition) is 2. The number of aliphatic hydroxyl groups is 1. The summed E-state index contributed by atoms with van der Waals surface area (Å²) in [6, 6.07) is 7.52. The van der Waals surface area contributed by atoms with Crippen molar-refractivity contribution in [3.8, 4) is 0 Å². The molecule has 0 amide bonds. The highest BCUT2D eigenvalue weighted by atomic mass is 32.2. The molecule has 0 aliphatic carbocycles. The number of likely N-dealkylation sites (N-methyl/N-ethyl adjacent to an activating group) is 1. The first-order valence-corrected chi connectivity index (χ1v) is 9.05. The Morgan fingerprint density at radius 1 is 1.27 bits per heavy atom. The van der Waals surface area contributed by atoms with Crippen molar-refractivity contribution in [2.24, 2.45) is 0 Å². The summed E-state index contributed by atoms with van der Waals surface area (Å²) in [7, 11) is -3.64. The van der Waals surface area contributed by atoms with Crippen LogP contribution in [0.4, 0.5) is 0 Å². The van der Waals surface area contributed by atoms with Crippen molar-refractivity contribution in [2.75, 3.05) is 26.2 Å². The average Bonchev–Trinajstić information content (AvgIpc) is 2.86. The smallest absolute Gasteiger partial charge is 0.240 e. The number of benzene rings is 1. The Bertz CT molecular complexity index is 560. The predicted octanol–water partition coefficient (Wildman–Crippen LogP) is 0.435. The fraction of sp³-hybridized carbons (Fsp3) is 0.600. The van der Waals surface area contributed by atoms with E-state index in [-0.39, 0.29) is 17.6 Å². The Morgan fingerprint density at radius 3 is 2.50 bits per heavy atom. The Labute approximate surface area is 132 Å². The summed E-state index contributed by atoms with van der Waals surface area (Å²) in [4.78, 5) is 2.33. The van der Waals surface area contributed by atoms with Gasteiger partial charge in [0, 0.05) is 6.54 Å². The van der Waals surface area contributed by atoms with Gasteiger partial charge in [0.2, 0.25) is 10.0 Å². The molecular weight excluding hydrogens is 304 g/mol. The maximum Gasteiger partial charge on any atom is 0.240 e.